The molecule has 26 heavy (non-hydrogen) atoms. The molecule has 0 aliphatic heterocycles. The zero-order chi connectivity index (χ0) is 18.3. The van der Waals surface area contributed by atoms with Crippen molar-refractivity contribution < 1.29 is 20.4 Å². The van der Waals surface area contributed by atoms with Gasteiger partial charge in [-0.1, -0.05) is 36.1 Å². The number of aliphatic hydroxyl groups is 4. The van der Waals surface area contributed by atoms with Gasteiger partial charge in [-0.3, -0.25) is 0 Å². The zero-order valence-electron chi connectivity index (χ0n) is 14.4. The highest BCUT2D eigenvalue weighted by molar-refractivity contribution is 5.54. The van der Waals surface area contributed by atoms with Gasteiger partial charge in [0.15, 0.2) is 0 Å². The first-order valence-corrected chi connectivity index (χ1v) is 8.98. The molecule has 4 heteroatoms. The summed E-state index contributed by atoms with van der Waals surface area (Å²) in [5.41, 5.74) is 5.78. The molecule has 0 saturated carbocycles. The first-order valence-electron chi connectivity index (χ1n) is 8.98. The van der Waals surface area contributed by atoms with Gasteiger partial charge in [0, 0.05) is 36.8 Å². The summed E-state index contributed by atoms with van der Waals surface area (Å²) in [5.74, 6) is 6.43. The van der Waals surface area contributed by atoms with E-state index in [0.29, 0.717) is 25.7 Å². The Hall–Kier alpha value is -2.16. The van der Waals surface area contributed by atoms with Crippen LogP contribution in [0.25, 0.3) is 0 Å². The molecule has 4 nitrogen and oxygen atoms in total. The van der Waals surface area contributed by atoms with Crippen LogP contribution in [0, 0.1) is 11.8 Å². The molecule has 0 aromatic heterocycles. The van der Waals surface area contributed by atoms with E-state index in [1.165, 1.54) is 0 Å². The van der Waals surface area contributed by atoms with Crippen molar-refractivity contribution in [3.05, 3.63) is 69.8 Å². The highest BCUT2D eigenvalue weighted by Gasteiger charge is 2.27. The van der Waals surface area contributed by atoms with Gasteiger partial charge in [0.25, 0.3) is 0 Å². The first kappa shape index (κ1) is 17.3. The molecule has 2 aromatic carbocycles. The molecule has 2 aromatic rings. The number of benzene rings is 2. The van der Waals surface area contributed by atoms with E-state index >= 15 is 0 Å². The van der Waals surface area contributed by atoms with Crippen LogP contribution in [-0.4, -0.2) is 44.8 Å². The fourth-order valence-electron chi connectivity index (χ4n) is 3.92. The normalized spacial score (nSPS) is 27.1. The summed E-state index contributed by atoms with van der Waals surface area (Å²) in [6.45, 7) is 0. The Morgan fingerprint density at radius 2 is 0.962 bits per heavy atom. The lowest BCUT2D eigenvalue weighted by atomic mass is 9.84. The summed E-state index contributed by atoms with van der Waals surface area (Å²) >= 11 is 0. The van der Waals surface area contributed by atoms with Crippen molar-refractivity contribution in [2.75, 3.05) is 0 Å². The minimum atomic E-state index is -0.758. The Kier molecular flexibility index (Phi) is 4.56. The summed E-state index contributed by atoms with van der Waals surface area (Å²) < 4.78 is 0. The standard InChI is InChI=1S/C22H22O4/c23-19-9-15-5-1-3-13(17(15)11-21(19)25)7-8-14-4-2-6-16-10-20(24)22(26)12-18(14)16/h1-6,19-26H,9-12H2. The molecule has 2 aliphatic rings. The molecule has 4 atom stereocenters. The fraction of sp³-hybridized carbons (Fsp3) is 0.364. The van der Waals surface area contributed by atoms with Gasteiger partial charge in [0.05, 0.1) is 24.4 Å². The van der Waals surface area contributed by atoms with E-state index in [-0.39, 0.29) is 0 Å². The monoisotopic (exact) mass is 350 g/mol. The summed E-state index contributed by atoms with van der Waals surface area (Å²) in [6, 6.07) is 11.7. The average Bonchev–Trinajstić information content (AvgIpc) is 2.62. The van der Waals surface area contributed by atoms with Crippen LogP contribution < -0.4 is 0 Å². The van der Waals surface area contributed by atoms with E-state index in [9.17, 15) is 20.4 Å². The highest BCUT2D eigenvalue weighted by Crippen LogP contribution is 2.26. The maximum atomic E-state index is 10.00. The lowest BCUT2D eigenvalue weighted by Gasteiger charge is -2.27. The fourth-order valence-corrected chi connectivity index (χ4v) is 3.92. The topological polar surface area (TPSA) is 80.9 Å². The molecule has 0 heterocycles. The molecule has 4 rings (SSSR count). The summed E-state index contributed by atoms with van der Waals surface area (Å²) in [7, 11) is 0. The quantitative estimate of drug-likeness (QED) is 0.528. The van der Waals surface area contributed by atoms with Crippen molar-refractivity contribution in [2.24, 2.45) is 0 Å². The second-order valence-electron chi connectivity index (χ2n) is 7.22. The van der Waals surface area contributed by atoms with Crippen molar-refractivity contribution in [1.82, 2.24) is 0 Å². The van der Waals surface area contributed by atoms with Crippen LogP contribution in [0.1, 0.15) is 33.4 Å². The smallest absolute Gasteiger partial charge is 0.0843 e. The SMILES string of the molecule is OC1Cc2cccc(C#Cc3cccc4c3CC(O)C(O)C4)c2CC1O. The van der Waals surface area contributed by atoms with E-state index in [1.54, 1.807) is 0 Å². The number of rotatable bonds is 0. The minimum Gasteiger partial charge on any atom is -0.390 e. The van der Waals surface area contributed by atoms with Crippen molar-refractivity contribution in [1.29, 1.82) is 0 Å². The van der Waals surface area contributed by atoms with Crippen LogP contribution in [0.2, 0.25) is 0 Å². The zero-order valence-corrected chi connectivity index (χ0v) is 14.4. The molecule has 134 valence electrons. The van der Waals surface area contributed by atoms with Crippen molar-refractivity contribution in [3.8, 4) is 11.8 Å². The lowest BCUT2D eigenvalue weighted by Crippen LogP contribution is -2.35. The summed E-state index contributed by atoms with van der Waals surface area (Å²) in [4.78, 5) is 0. The minimum absolute atomic E-state index is 0.402. The Morgan fingerprint density at radius 1 is 0.577 bits per heavy atom. The van der Waals surface area contributed by atoms with E-state index in [1.807, 2.05) is 36.4 Å². The van der Waals surface area contributed by atoms with E-state index in [4.69, 9.17) is 0 Å². The van der Waals surface area contributed by atoms with Crippen LogP contribution in [0.5, 0.6) is 0 Å². The average molecular weight is 350 g/mol. The molecular weight excluding hydrogens is 328 g/mol. The molecule has 2 aliphatic carbocycles. The van der Waals surface area contributed by atoms with Crippen LogP contribution in [0.15, 0.2) is 36.4 Å². The molecular formula is C22H22O4. The summed E-state index contributed by atoms with van der Waals surface area (Å²) in [5, 5.41) is 39.7. The molecule has 4 unspecified atom stereocenters. The molecule has 0 fully saturated rings. The largest absolute Gasteiger partial charge is 0.390 e. The highest BCUT2D eigenvalue weighted by atomic mass is 16.3. The molecule has 0 amide bonds. The third kappa shape index (κ3) is 3.15. The van der Waals surface area contributed by atoms with Crippen molar-refractivity contribution in [2.45, 2.75) is 50.1 Å². The molecule has 0 bridgehead atoms. The number of hydrogen-bond acceptors (Lipinski definition) is 4. The molecule has 0 radical (unpaired) electrons. The van der Waals surface area contributed by atoms with Gasteiger partial charge in [0.2, 0.25) is 0 Å². The third-order valence-electron chi connectivity index (χ3n) is 5.45. The molecule has 0 saturated heterocycles. The lowest BCUT2D eigenvalue weighted by molar-refractivity contribution is 0.0141. The Morgan fingerprint density at radius 3 is 1.38 bits per heavy atom. The van der Waals surface area contributed by atoms with Gasteiger partial charge in [-0.2, -0.15) is 0 Å². The van der Waals surface area contributed by atoms with Crippen LogP contribution in [-0.2, 0) is 25.7 Å². The Labute approximate surface area is 152 Å². The van der Waals surface area contributed by atoms with E-state index in [0.717, 1.165) is 33.4 Å². The number of hydrogen-bond donors (Lipinski definition) is 4. The third-order valence-corrected chi connectivity index (χ3v) is 5.45. The predicted molar refractivity (Wildman–Crippen MR) is 97.7 cm³/mol. The second kappa shape index (κ2) is 6.86. The first-order chi connectivity index (χ1) is 12.5. The van der Waals surface area contributed by atoms with Crippen molar-refractivity contribution >= 4 is 0 Å². The number of aliphatic hydroxyl groups excluding tert-OH is 4. The van der Waals surface area contributed by atoms with E-state index in [2.05, 4.69) is 11.8 Å². The number of fused-ring (bicyclic) bond motifs is 2. The predicted octanol–water partition coefficient (Wildman–Crippen LogP) is 0.727. The van der Waals surface area contributed by atoms with Crippen molar-refractivity contribution in [3.63, 3.8) is 0 Å². The Balaban J connectivity index is 1.70. The van der Waals surface area contributed by atoms with Crippen LogP contribution in [0.3, 0.4) is 0 Å². The van der Waals surface area contributed by atoms with Gasteiger partial charge >= 0.3 is 0 Å². The Bertz CT molecular complexity index is 821. The molecule has 0 spiro atoms. The van der Waals surface area contributed by atoms with Gasteiger partial charge < -0.3 is 20.4 Å². The van der Waals surface area contributed by atoms with Crippen LogP contribution >= 0.6 is 0 Å². The van der Waals surface area contributed by atoms with Crippen LogP contribution in [0.4, 0.5) is 0 Å². The summed E-state index contributed by atoms with van der Waals surface area (Å²) in [6.07, 6.45) is -1.27. The maximum Gasteiger partial charge on any atom is 0.0843 e. The van der Waals surface area contributed by atoms with Gasteiger partial charge in [-0.05, 0) is 34.4 Å². The molecule has 4 N–H and O–H groups in total. The second-order valence-corrected chi connectivity index (χ2v) is 7.22. The van der Waals surface area contributed by atoms with Gasteiger partial charge in [-0.25, -0.2) is 0 Å². The van der Waals surface area contributed by atoms with Gasteiger partial charge in [-0.15, -0.1) is 0 Å². The van der Waals surface area contributed by atoms with E-state index < -0.39 is 24.4 Å². The van der Waals surface area contributed by atoms with Gasteiger partial charge in [0.1, 0.15) is 0 Å². The maximum absolute atomic E-state index is 10.00.